The Morgan fingerprint density at radius 1 is 1.13 bits per heavy atom. The van der Waals surface area contributed by atoms with E-state index in [2.05, 4.69) is 20.8 Å². The van der Waals surface area contributed by atoms with Gasteiger partial charge in [0.2, 0.25) is 0 Å². The van der Waals surface area contributed by atoms with Gasteiger partial charge in [0, 0.05) is 6.42 Å². The van der Waals surface area contributed by atoms with Gasteiger partial charge in [0.25, 0.3) is 0 Å². The summed E-state index contributed by atoms with van der Waals surface area (Å²) in [6.45, 7) is 9.13. The van der Waals surface area contributed by atoms with E-state index in [1.165, 1.54) is 25.7 Å². The van der Waals surface area contributed by atoms with E-state index >= 15 is 0 Å². The Morgan fingerprint density at radius 3 is 2.33 bits per heavy atom. The van der Waals surface area contributed by atoms with Crippen molar-refractivity contribution in [2.24, 2.45) is 5.41 Å². The molecule has 0 radical (unpaired) electrons. The molecule has 0 N–H and O–H groups in total. The minimum atomic E-state index is -0.0839. The standard InChI is InChI=1S/C13H26O2/c1-5-7-8-9-13(3,4)10-11-15-12(14)6-2/h5-11H2,1-4H3. The molecular formula is C13H26O2. The summed E-state index contributed by atoms with van der Waals surface area (Å²) in [5.41, 5.74) is 0.309. The fourth-order valence-electron chi connectivity index (χ4n) is 1.52. The average molecular weight is 214 g/mol. The predicted molar refractivity (Wildman–Crippen MR) is 63.8 cm³/mol. The van der Waals surface area contributed by atoms with Crippen LogP contribution in [-0.4, -0.2) is 12.6 Å². The van der Waals surface area contributed by atoms with Crippen LogP contribution >= 0.6 is 0 Å². The van der Waals surface area contributed by atoms with Gasteiger partial charge in [-0.05, 0) is 18.3 Å². The average Bonchev–Trinajstić information content (AvgIpc) is 2.17. The fourth-order valence-corrected chi connectivity index (χ4v) is 1.52. The first-order valence-corrected chi connectivity index (χ1v) is 6.17. The Labute approximate surface area is 94.4 Å². The molecular weight excluding hydrogens is 188 g/mol. The van der Waals surface area contributed by atoms with E-state index in [1.807, 2.05) is 6.92 Å². The molecule has 0 aromatic rings. The van der Waals surface area contributed by atoms with Crippen molar-refractivity contribution in [3.8, 4) is 0 Å². The number of esters is 1. The molecule has 0 saturated carbocycles. The lowest BCUT2D eigenvalue weighted by molar-refractivity contribution is -0.143. The number of hydrogen-bond donors (Lipinski definition) is 0. The summed E-state index contributed by atoms with van der Waals surface area (Å²) in [4.78, 5) is 10.9. The van der Waals surface area contributed by atoms with Gasteiger partial charge in [-0.25, -0.2) is 0 Å². The minimum absolute atomic E-state index is 0.0839. The zero-order chi connectivity index (χ0) is 11.7. The van der Waals surface area contributed by atoms with Gasteiger partial charge in [-0.2, -0.15) is 0 Å². The molecule has 2 nitrogen and oxygen atoms in total. The Hall–Kier alpha value is -0.530. The zero-order valence-corrected chi connectivity index (χ0v) is 10.8. The molecule has 90 valence electrons. The Bertz CT molecular complexity index is 173. The van der Waals surface area contributed by atoms with E-state index in [0.29, 0.717) is 18.4 Å². The van der Waals surface area contributed by atoms with Crippen molar-refractivity contribution in [1.29, 1.82) is 0 Å². The van der Waals surface area contributed by atoms with Crippen molar-refractivity contribution in [2.45, 2.75) is 66.2 Å². The normalized spacial score (nSPS) is 11.5. The van der Waals surface area contributed by atoms with Crippen LogP contribution in [0.1, 0.15) is 66.2 Å². The largest absolute Gasteiger partial charge is 0.466 e. The quantitative estimate of drug-likeness (QED) is 0.452. The first-order chi connectivity index (χ1) is 7.02. The van der Waals surface area contributed by atoms with Crippen LogP contribution in [-0.2, 0) is 9.53 Å². The summed E-state index contributed by atoms with van der Waals surface area (Å²) >= 11 is 0. The van der Waals surface area contributed by atoms with E-state index in [0.717, 1.165) is 6.42 Å². The Kier molecular flexibility index (Phi) is 7.45. The Balaban J connectivity index is 3.59. The highest BCUT2D eigenvalue weighted by atomic mass is 16.5. The number of unbranched alkanes of at least 4 members (excludes halogenated alkanes) is 2. The van der Waals surface area contributed by atoms with Gasteiger partial charge in [-0.15, -0.1) is 0 Å². The number of hydrogen-bond acceptors (Lipinski definition) is 2. The molecule has 0 unspecified atom stereocenters. The summed E-state index contributed by atoms with van der Waals surface area (Å²) in [5.74, 6) is -0.0839. The van der Waals surface area contributed by atoms with Gasteiger partial charge in [0.1, 0.15) is 0 Å². The Morgan fingerprint density at radius 2 is 1.80 bits per heavy atom. The molecule has 0 aromatic heterocycles. The molecule has 0 saturated heterocycles. The highest BCUT2D eigenvalue weighted by Crippen LogP contribution is 2.27. The van der Waals surface area contributed by atoms with Crippen LogP contribution in [0.5, 0.6) is 0 Å². The van der Waals surface area contributed by atoms with E-state index in [9.17, 15) is 4.79 Å². The van der Waals surface area contributed by atoms with Gasteiger partial charge in [-0.3, -0.25) is 4.79 Å². The van der Waals surface area contributed by atoms with Gasteiger partial charge < -0.3 is 4.74 Å². The summed E-state index contributed by atoms with van der Waals surface area (Å²) in [6, 6.07) is 0. The van der Waals surface area contributed by atoms with Gasteiger partial charge in [-0.1, -0.05) is 47.0 Å². The molecule has 0 spiro atoms. The molecule has 15 heavy (non-hydrogen) atoms. The molecule has 0 aliphatic carbocycles. The number of ether oxygens (including phenoxy) is 1. The maximum Gasteiger partial charge on any atom is 0.305 e. The van der Waals surface area contributed by atoms with Crippen LogP contribution in [0, 0.1) is 5.41 Å². The highest BCUT2D eigenvalue weighted by molar-refractivity contribution is 5.68. The molecule has 0 aliphatic heterocycles. The van der Waals surface area contributed by atoms with Crippen molar-refractivity contribution in [3.05, 3.63) is 0 Å². The topological polar surface area (TPSA) is 26.3 Å². The van der Waals surface area contributed by atoms with E-state index in [4.69, 9.17) is 4.74 Å². The van der Waals surface area contributed by atoms with Crippen molar-refractivity contribution < 1.29 is 9.53 Å². The molecule has 0 fully saturated rings. The third-order valence-corrected chi connectivity index (χ3v) is 2.79. The van der Waals surface area contributed by atoms with E-state index in [1.54, 1.807) is 0 Å². The summed E-state index contributed by atoms with van der Waals surface area (Å²) in [5, 5.41) is 0. The molecule has 0 bridgehead atoms. The van der Waals surface area contributed by atoms with Crippen LogP contribution in [0.3, 0.4) is 0 Å². The van der Waals surface area contributed by atoms with Crippen molar-refractivity contribution in [2.75, 3.05) is 6.61 Å². The maximum atomic E-state index is 10.9. The zero-order valence-electron chi connectivity index (χ0n) is 10.8. The number of carbonyl (C=O) groups excluding carboxylic acids is 1. The van der Waals surface area contributed by atoms with Crippen LogP contribution in [0.2, 0.25) is 0 Å². The van der Waals surface area contributed by atoms with Crippen LogP contribution < -0.4 is 0 Å². The smallest absolute Gasteiger partial charge is 0.305 e. The monoisotopic (exact) mass is 214 g/mol. The fraction of sp³-hybridized carbons (Fsp3) is 0.923. The molecule has 0 amide bonds. The first-order valence-electron chi connectivity index (χ1n) is 6.17. The summed E-state index contributed by atoms with van der Waals surface area (Å²) in [6.07, 6.45) is 6.54. The van der Waals surface area contributed by atoms with Crippen molar-refractivity contribution in [1.82, 2.24) is 0 Å². The number of carbonyl (C=O) groups is 1. The lowest BCUT2D eigenvalue weighted by Gasteiger charge is -2.24. The molecule has 0 aromatic carbocycles. The number of rotatable bonds is 8. The predicted octanol–water partition coefficient (Wildman–Crippen LogP) is 3.94. The van der Waals surface area contributed by atoms with Gasteiger partial charge >= 0.3 is 5.97 Å². The van der Waals surface area contributed by atoms with Crippen LogP contribution in [0.15, 0.2) is 0 Å². The first kappa shape index (κ1) is 14.5. The summed E-state index contributed by atoms with van der Waals surface area (Å²) in [7, 11) is 0. The molecule has 0 atom stereocenters. The minimum Gasteiger partial charge on any atom is -0.466 e. The second-order valence-electron chi connectivity index (χ2n) is 4.95. The van der Waals surface area contributed by atoms with E-state index in [-0.39, 0.29) is 5.97 Å². The molecule has 0 aliphatic rings. The van der Waals surface area contributed by atoms with Gasteiger partial charge in [0.15, 0.2) is 0 Å². The third-order valence-electron chi connectivity index (χ3n) is 2.79. The van der Waals surface area contributed by atoms with E-state index < -0.39 is 0 Å². The molecule has 2 heteroatoms. The highest BCUT2D eigenvalue weighted by Gasteiger charge is 2.17. The maximum absolute atomic E-state index is 10.9. The second kappa shape index (κ2) is 7.72. The lowest BCUT2D eigenvalue weighted by Crippen LogP contribution is -2.16. The van der Waals surface area contributed by atoms with Crippen LogP contribution in [0.4, 0.5) is 0 Å². The van der Waals surface area contributed by atoms with Crippen molar-refractivity contribution in [3.63, 3.8) is 0 Å². The van der Waals surface area contributed by atoms with Crippen molar-refractivity contribution >= 4 is 5.97 Å². The second-order valence-corrected chi connectivity index (χ2v) is 4.95. The lowest BCUT2D eigenvalue weighted by atomic mass is 9.84. The van der Waals surface area contributed by atoms with Crippen LogP contribution in [0.25, 0.3) is 0 Å². The summed E-state index contributed by atoms with van der Waals surface area (Å²) < 4.78 is 5.09. The SMILES string of the molecule is CCCCCC(C)(C)CCOC(=O)CC. The molecule has 0 heterocycles. The van der Waals surface area contributed by atoms with Gasteiger partial charge in [0.05, 0.1) is 6.61 Å². The third kappa shape index (κ3) is 8.46. The molecule has 0 rings (SSSR count).